The highest BCUT2D eigenvalue weighted by atomic mass is 19.1. The van der Waals surface area contributed by atoms with Crippen molar-refractivity contribution in [1.29, 1.82) is 0 Å². The summed E-state index contributed by atoms with van der Waals surface area (Å²) >= 11 is 0. The van der Waals surface area contributed by atoms with Crippen LogP contribution >= 0.6 is 0 Å². The average Bonchev–Trinajstić information content (AvgIpc) is 3.64. The maximum absolute atomic E-state index is 13.6. The number of benzene rings is 2. The van der Waals surface area contributed by atoms with Crippen molar-refractivity contribution in [3.8, 4) is 28.3 Å². The van der Waals surface area contributed by atoms with Crippen LogP contribution in [0.25, 0.3) is 50.6 Å². The Labute approximate surface area is 243 Å². The molecule has 0 fully saturated rings. The second-order valence-electron chi connectivity index (χ2n) is 10.3. The summed E-state index contributed by atoms with van der Waals surface area (Å²) in [7, 11) is 0. The molecular formula is C35H30FN5O. The summed E-state index contributed by atoms with van der Waals surface area (Å²) in [6.07, 6.45) is 11.4. The van der Waals surface area contributed by atoms with E-state index in [1.54, 1.807) is 30.7 Å². The zero-order chi connectivity index (χ0) is 29.1. The fourth-order valence-electron chi connectivity index (χ4n) is 5.00. The van der Waals surface area contributed by atoms with Gasteiger partial charge in [0.05, 0.1) is 29.0 Å². The molecule has 0 aliphatic carbocycles. The van der Waals surface area contributed by atoms with Gasteiger partial charge in [0.15, 0.2) is 0 Å². The second kappa shape index (κ2) is 11.7. The molecule has 6 nitrogen and oxygen atoms in total. The Balaban J connectivity index is 1.41. The lowest BCUT2D eigenvalue weighted by atomic mass is 10.0. The number of ether oxygens (including phenoxy) is 1. The van der Waals surface area contributed by atoms with E-state index in [1.165, 1.54) is 12.1 Å². The predicted octanol–water partition coefficient (Wildman–Crippen LogP) is 6.81. The van der Waals surface area contributed by atoms with E-state index < -0.39 is 0 Å². The highest BCUT2D eigenvalue weighted by Gasteiger charge is 2.14. The van der Waals surface area contributed by atoms with Gasteiger partial charge in [-0.15, -0.1) is 0 Å². The van der Waals surface area contributed by atoms with Crippen LogP contribution in [0.4, 0.5) is 4.39 Å². The number of aromatic nitrogens is 5. The summed E-state index contributed by atoms with van der Waals surface area (Å²) in [5.41, 5.74) is 8.46. The van der Waals surface area contributed by atoms with Crippen LogP contribution in [0.1, 0.15) is 31.9 Å². The molecule has 7 heteroatoms. The first kappa shape index (κ1) is 26.9. The van der Waals surface area contributed by atoms with Gasteiger partial charge < -0.3 is 9.72 Å². The number of nitrogens with zero attached hydrogens (tertiary/aromatic N) is 3. The van der Waals surface area contributed by atoms with E-state index in [0.717, 1.165) is 66.3 Å². The molecule has 2 aromatic carbocycles. The van der Waals surface area contributed by atoms with Gasteiger partial charge in [-0.3, -0.25) is 15.1 Å². The quantitative estimate of drug-likeness (QED) is 0.227. The topological polar surface area (TPSA) is 79.5 Å². The third-order valence-electron chi connectivity index (χ3n) is 7.17. The van der Waals surface area contributed by atoms with E-state index in [1.807, 2.05) is 49.5 Å². The van der Waals surface area contributed by atoms with Crippen molar-refractivity contribution in [3.63, 3.8) is 0 Å². The number of allylic oxidation sites excluding steroid dienone is 2. The number of aromatic amines is 2. The highest BCUT2D eigenvalue weighted by molar-refractivity contribution is 5.97. The van der Waals surface area contributed by atoms with Crippen molar-refractivity contribution in [1.82, 2.24) is 25.1 Å². The van der Waals surface area contributed by atoms with Crippen LogP contribution < -0.4 is 15.3 Å². The Morgan fingerprint density at radius 3 is 2.48 bits per heavy atom. The van der Waals surface area contributed by atoms with E-state index in [9.17, 15) is 4.39 Å². The van der Waals surface area contributed by atoms with Crippen molar-refractivity contribution in [2.24, 2.45) is 0 Å². The zero-order valence-corrected chi connectivity index (χ0v) is 23.6. The first-order chi connectivity index (χ1) is 20.5. The van der Waals surface area contributed by atoms with Gasteiger partial charge in [0, 0.05) is 34.1 Å². The van der Waals surface area contributed by atoms with Crippen molar-refractivity contribution < 1.29 is 9.13 Å². The van der Waals surface area contributed by atoms with Gasteiger partial charge in [0.2, 0.25) is 0 Å². The Hall–Kier alpha value is -5.30. The van der Waals surface area contributed by atoms with Crippen molar-refractivity contribution in [2.75, 3.05) is 0 Å². The Morgan fingerprint density at radius 1 is 0.929 bits per heavy atom. The van der Waals surface area contributed by atoms with E-state index >= 15 is 0 Å². The first-order valence-electron chi connectivity index (χ1n) is 13.8. The average molecular weight is 556 g/mol. The lowest BCUT2D eigenvalue weighted by Crippen LogP contribution is -2.25. The molecule has 6 aromatic rings. The first-order valence-corrected chi connectivity index (χ1v) is 13.8. The fourth-order valence-corrected chi connectivity index (χ4v) is 5.00. The molecule has 0 atom stereocenters. The van der Waals surface area contributed by atoms with Crippen LogP contribution in [0.15, 0.2) is 97.6 Å². The number of H-pyrrole nitrogens is 2. The van der Waals surface area contributed by atoms with Crippen LogP contribution in [0.5, 0.6) is 5.75 Å². The van der Waals surface area contributed by atoms with Gasteiger partial charge in [0.25, 0.3) is 0 Å². The van der Waals surface area contributed by atoms with Gasteiger partial charge in [-0.1, -0.05) is 54.1 Å². The molecule has 2 N–H and O–H groups in total. The molecule has 0 saturated carbocycles. The van der Waals surface area contributed by atoms with Crippen LogP contribution in [-0.4, -0.2) is 25.1 Å². The summed E-state index contributed by atoms with van der Waals surface area (Å²) in [6.45, 7) is 6.60. The summed E-state index contributed by atoms with van der Waals surface area (Å²) in [6, 6.07) is 20.6. The summed E-state index contributed by atoms with van der Waals surface area (Å²) < 4.78 is 19.6. The minimum absolute atomic E-state index is 0.271. The Morgan fingerprint density at radius 2 is 1.71 bits per heavy atom. The van der Waals surface area contributed by atoms with Gasteiger partial charge in [-0.25, -0.2) is 4.39 Å². The smallest absolute Gasteiger partial charge is 0.138 e. The third-order valence-corrected chi connectivity index (χ3v) is 7.17. The molecule has 0 aliphatic rings. The van der Waals surface area contributed by atoms with E-state index in [4.69, 9.17) is 9.84 Å². The lowest BCUT2D eigenvalue weighted by molar-refractivity contribution is 0.305. The second-order valence-corrected chi connectivity index (χ2v) is 10.3. The number of fused-ring (bicyclic) bond motifs is 1. The lowest BCUT2D eigenvalue weighted by Gasteiger charge is -2.08. The number of hydrogen-bond acceptors (Lipinski definition) is 4. The fraction of sp³-hybridized carbons (Fsp3) is 0.114. The van der Waals surface area contributed by atoms with Gasteiger partial charge in [-0.2, -0.15) is 5.10 Å². The largest absolute Gasteiger partial charge is 0.487 e. The molecule has 4 heterocycles. The minimum Gasteiger partial charge on any atom is -0.487 e. The van der Waals surface area contributed by atoms with Crippen LogP contribution in [0.2, 0.25) is 0 Å². The molecule has 208 valence electrons. The predicted molar refractivity (Wildman–Crippen MR) is 166 cm³/mol. The Bertz CT molecular complexity index is 2020. The molecule has 6 rings (SSSR count). The number of halogens is 1. The molecule has 4 aromatic heterocycles. The van der Waals surface area contributed by atoms with Crippen molar-refractivity contribution >= 4 is 28.1 Å². The standard InChI is InChI=1S/C35H30FN5O/c1-4-24(26-14-28(18-37-17-26)42-21-23-8-6-5-7-9-23)15-30-34(22(2)3)40-41-35(30)32-16-29-31(19-38-20-33(29)39-32)25-10-12-27(36)13-11-25/h4-20,39-40H,21H2,1-3H3/b24-4+,30-15+. The highest BCUT2D eigenvalue weighted by Crippen LogP contribution is 2.30. The third kappa shape index (κ3) is 5.49. The van der Waals surface area contributed by atoms with Crippen molar-refractivity contribution in [2.45, 2.75) is 27.4 Å². The SMILES string of the molecule is C/C=C(\C=c1\c(-c2cc3c(-c4ccc(F)cc4)cncc3[nH]2)n[nH]c1=C(C)C)c1cncc(OCc2ccccc2)c1. The number of pyridine rings is 2. The normalized spacial score (nSPS) is 12.2. The van der Waals surface area contributed by atoms with Gasteiger partial charge in [0.1, 0.15) is 23.9 Å². The maximum Gasteiger partial charge on any atom is 0.138 e. The molecule has 42 heavy (non-hydrogen) atoms. The molecule has 0 aliphatic heterocycles. The number of rotatable bonds is 7. The summed E-state index contributed by atoms with van der Waals surface area (Å²) in [5.74, 6) is 0.429. The van der Waals surface area contributed by atoms with Crippen LogP contribution in [0, 0.1) is 5.82 Å². The number of nitrogens with one attached hydrogen (secondary N) is 2. The molecule has 0 spiro atoms. The van der Waals surface area contributed by atoms with Crippen LogP contribution in [-0.2, 0) is 6.61 Å². The Kier molecular flexibility index (Phi) is 7.47. The molecule has 0 saturated heterocycles. The summed E-state index contributed by atoms with van der Waals surface area (Å²) in [4.78, 5) is 12.4. The van der Waals surface area contributed by atoms with Gasteiger partial charge in [-0.05, 0) is 67.8 Å². The van der Waals surface area contributed by atoms with E-state index in [2.05, 4.69) is 52.1 Å². The number of hydrogen-bond donors (Lipinski definition) is 2. The zero-order valence-electron chi connectivity index (χ0n) is 23.6. The summed E-state index contributed by atoms with van der Waals surface area (Å²) in [5, 5.41) is 10.9. The van der Waals surface area contributed by atoms with Gasteiger partial charge >= 0.3 is 0 Å². The molecule has 0 amide bonds. The van der Waals surface area contributed by atoms with E-state index in [0.29, 0.717) is 12.4 Å². The van der Waals surface area contributed by atoms with Crippen LogP contribution in [0.3, 0.4) is 0 Å². The van der Waals surface area contributed by atoms with E-state index in [-0.39, 0.29) is 5.82 Å². The molecule has 0 bridgehead atoms. The van der Waals surface area contributed by atoms with Crippen molar-refractivity contribution in [3.05, 3.63) is 125 Å². The minimum atomic E-state index is -0.271. The molecule has 0 unspecified atom stereocenters. The molecular weight excluding hydrogens is 525 g/mol. The maximum atomic E-state index is 13.6. The molecule has 0 radical (unpaired) electrons. The monoisotopic (exact) mass is 555 g/mol.